The van der Waals surface area contributed by atoms with Gasteiger partial charge in [0, 0.05) is 17.0 Å². The fraction of sp³-hybridized carbons (Fsp3) is 0.455. The van der Waals surface area contributed by atoms with Crippen LogP contribution in [0.1, 0.15) is 39.0 Å². The molecule has 0 spiro atoms. The second-order valence-electron chi connectivity index (χ2n) is 3.61. The number of hydrogen-bond acceptors (Lipinski definition) is 4. The quantitative estimate of drug-likeness (QED) is 0.801. The molecule has 0 bridgehead atoms. The predicted octanol–water partition coefficient (Wildman–Crippen LogP) is 1.93. The molecule has 1 aromatic rings. The molecular weight excluding hydrogens is 226 g/mol. The first kappa shape index (κ1) is 11.3. The molecule has 0 radical (unpaired) electrons. The Kier molecular flexibility index (Phi) is 3.05. The van der Waals surface area contributed by atoms with Gasteiger partial charge in [0.2, 0.25) is 0 Å². The molecule has 0 unspecified atom stereocenters. The monoisotopic (exact) mass is 239 g/mol. The maximum absolute atomic E-state index is 11.7. The maximum atomic E-state index is 11.7. The third-order valence-electron chi connectivity index (χ3n) is 2.57. The molecule has 1 N–H and O–H groups in total. The maximum Gasteiger partial charge on any atom is 0.355 e. The van der Waals surface area contributed by atoms with Crippen LogP contribution in [0.2, 0.25) is 0 Å². The number of ether oxygens (including phenoxy) is 1. The molecule has 1 aromatic heterocycles. The van der Waals surface area contributed by atoms with Crippen molar-refractivity contribution in [3.8, 4) is 0 Å². The summed E-state index contributed by atoms with van der Waals surface area (Å²) in [5, 5.41) is 0. The summed E-state index contributed by atoms with van der Waals surface area (Å²) >= 11 is 1.56. The lowest BCUT2D eigenvalue weighted by atomic mass is 10.1. The van der Waals surface area contributed by atoms with Crippen molar-refractivity contribution in [2.75, 3.05) is 12.4 Å². The van der Waals surface area contributed by atoms with Gasteiger partial charge in [-0.25, -0.2) is 4.79 Å². The summed E-state index contributed by atoms with van der Waals surface area (Å²) in [5.74, 6) is 0.956. The van der Waals surface area contributed by atoms with Crippen LogP contribution < -0.4 is 0 Å². The average Bonchev–Trinajstić information content (AvgIpc) is 2.58. The summed E-state index contributed by atoms with van der Waals surface area (Å²) in [4.78, 5) is 26.3. The number of carbonyl (C=O) groups excluding carboxylic acids is 2. The van der Waals surface area contributed by atoms with Crippen LogP contribution in [0.15, 0.2) is 0 Å². The molecule has 0 aliphatic carbocycles. The Hall–Kier alpha value is -1.23. The predicted molar refractivity (Wildman–Crippen MR) is 62.0 cm³/mol. The van der Waals surface area contributed by atoms with Gasteiger partial charge in [-0.2, -0.15) is 0 Å². The fourth-order valence-electron chi connectivity index (χ4n) is 1.87. The molecule has 2 heterocycles. The van der Waals surface area contributed by atoms with Crippen LogP contribution in [0, 0.1) is 6.92 Å². The lowest BCUT2D eigenvalue weighted by Gasteiger charge is -2.09. The molecule has 16 heavy (non-hydrogen) atoms. The standard InChI is InChI=1S/C11H13NO3S/c1-3-15-11(14)10-6(2)9-7(12-10)4-16-5-8(9)13/h12H,3-5H2,1-2H3. The van der Waals surface area contributed by atoms with Crippen LogP contribution in [-0.2, 0) is 10.5 Å². The number of aromatic nitrogens is 1. The van der Waals surface area contributed by atoms with E-state index in [2.05, 4.69) is 4.98 Å². The van der Waals surface area contributed by atoms with Crippen molar-refractivity contribution in [1.82, 2.24) is 4.98 Å². The Bertz CT molecular complexity index is 450. The fourth-order valence-corrected chi connectivity index (χ4v) is 2.72. The smallest absolute Gasteiger partial charge is 0.355 e. The summed E-state index contributed by atoms with van der Waals surface area (Å²) in [6.07, 6.45) is 0. The van der Waals surface area contributed by atoms with Crippen molar-refractivity contribution in [3.63, 3.8) is 0 Å². The first-order valence-electron chi connectivity index (χ1n) is 5.14. The van der Waals surface area contributed by atoms with E-state index in [0.717, 1.165) is 17.0 Å². The van der Waals surface area contributed by atoms with E-state index < -0.39 is 0 Å². The summed E-state index contributed by atoms with van der Waals surface area (Å²) in [6, 6.07) is 0. The number of aromatic amines is 1. The highest BCUT2D eigenvalue weighted by Gasteiger charge is 2.26. The zero-order valence-electron chi connectivity index (χ0n) is 9.25. The van der Waals surface area contributed by atoms with Crippen LogP contribution in [0.4, 0.5) is 0 Å². The van der Waals surface area contributed by atoms with Gasteiger partial charge in [-0.15, -0.1) is 11.8 Å². The second-order valence-corrected chi connectivity index (χ2v) is 4.60. The highest BCUT2D eigenvalue weighted by Crippen LogP contribution is 2.28. The van der Waals surface area contributed by atoms with Gasteiger partial charge in [0.15, 0.2) is 5.78 Å². The van der Waals surface area contributed by atoms with Crippen molar-refractivity contribution < 1.29 is 14.3 Å². The zero-order valence-corrected chi connectivity index (χ0v) is 10.1. The highest BCUT2D eigenvalue weighted by atomic mass is 32.2. The Balaban J connectivity index is 2.42. The van der Waals surface area contributed by atoms with Crippen molar-refractivity contribution in [2.24, 2.45) is 0 Å². The molecule has 4 nitrogen and oxygen atoms in total. The molecule has 86 valence electrons. The van der Waals surface area contributed by atoms with Crippen molar-refractivity contribution in [2.45, 2.75) is 19.6 Å². The number of Topliss-reactive ketones (excluding diaryl/α,β-unsaturated/α-hetero) is 1. The van der Waals surface area contributed by atoms with Gasteiger partial charge in [-0.3, -0.25) is 4.79 Å². The number of ketones is 1. The molecule has 1 aliphatic heterocycles. The topological polar surface area (TPSA) is 59.2 Å². The number of fused-ring (bicyclic) bond motifs is 1. The Labute approximate surface area is 97.7 Å². The van der Waals surface area contributed by atoms with E-state index in [1.54, 1.807) is 25.6 Å². The number of nitrogens with one attached hydrogen (secondary N) is 1. The van der Waals surface area contributed by atoms with E-state index in [9.17, 15) is 9.59 Å². The van der Waals surface area contributed by atoms with E-state index in [1.807, 2.05) is 0 Å². The first-order valence-corrected chi connectivity index (χ1v) is 6.30. The Morgan fingerprint density at radius 2 is 2.25 bits per heavy atom. The van der Waals surface area contributed by atoms with Crippen LogP contribution in [0.25, 0.3) is 0 Å². The second kappa shape index (κ2) is 4.33. The number of H-pyrrole nitrogens is 1. The van der Waals surface area contributed by atoms with Gasteiger partial charge in [0.25, 0.3) is 0 Å². The SMILES string of the molecule is CCOC(=O)c1[nH]c2c(c1C)C(=O)CSC2. The largest absolute Gasteiger partial charge is 0.461 e. The lowest BCUT2D eigenvalue weighted by molar-refractivity contribution is 0.0519. The molecule has 0 saturated carbocycles. The summed E-state index contributed by atoms with van der Waals surface area (Å²) in [7, 11) is 0. The summed E-state index contributed by atoms with van der Waals surface area (Å²) in [5.41, 5.74) is 2.67. The van der Waals surface area contributed by atoms with E-state index in [0.29, 0.717) is 23.6 Å². The third-order valence-corrected chi connectivity index (χ3v) is 3.52. The van der Waals surface area contributed by atoms with E-state index >= 15 is 0 Å². The highest BCUT2D eigenvalue weighted by molar-refractivity contribution is 7.99. The molecule has 0 atom stereocenters. The average molecular weight is 239 g/mol. The van der Waals surface area contributed by atoms with Gasteiger partial charge >= 0.3 is 5.97 Å². The molecule has 2 rings (SSSR count). The van der Waals surface area contributed by atoms with Gasteiger partial charge in [0.1, 0.15) is 5.69 Å². The number of esters is 1. The Morgan fingerprint density at radius 3 is 2.88 bits per heavy atom. The normalized spacial score (nSPS) is 14.8. The zero-order chi connectivity index (χ0) is 11.7. The van der Waals surface area contributed by atoms with E-state index in [-0.39, 0.29) is 11.8 Å². The minimum Gasteiger partial charge on any atom is -0.461 e. The van der Waals surface area contributed by atoms with Gasteiger partial charge in [-0.1, -0.05) is 0 Å². The van der Waals surface area contributed by atoms with Crippen LogP contribution >= 0.6 is 11.8 Å². The molecular formula is C11H13NO3S. The lowest BCUT2D eigenvalue weighted by Crippen LogP contribution is -2.11. The minimum atomic E-state index is -0.382. The number of hydrogen-bond donors (Lipinski definition) is 1. The molecule has 1 aliphatic rings. The summed E-state index contributed by atoms with van der Waals surface area (Å²) in [6.45, 7) is 3.89. The molecule has 0 fully saturated rings. The third kappa shape index (κ3) is 1.75. The number of carbonyl (C=O) groups is 2. The minimum absolute atomic E-state index is 0.0931. The van der Waals surface area contributed by atoms with Gasteiger partial charge in [-0.05, 0) is 19.4 Å². The molecule has 0 saturated heterocycles. The van der Waals surface area contributed by atoms with E-state index in [4.69, 9.17) is 4.74 Å². The number of rotatable bonds is 2. The Morgan fingerprint density at radius 1 is 1.50 bits per heavy atom. The van der Waals surface area contributed by atoms with Crippen molar-refractivity contribution in [1.29, 1.82) is 0 Å². The van der Waals surface area contributed by atoms with Crippen molar-refractivity contribution in [3.05, 3.63) is 22.5 Å². The van der Waals surface area contributed by atoms with Crippen LogP contribution in [0.5, 0.6) is 0 Å². The first-order chi connectivity index (χ1) is 7.65. The molecule has 5 heteroatoms. The van der Waals surface area contributed by atoms with Crippen LogP contribution in [-0.4, -0.2) is 29.1 Å². The van der Waals surface area contributed by atoms with E-state index in [1.165, 1.54) is 0 Å². The van der Waals surface area contributed by atoms with Gasteiger partial charge < -0.3 is 9.72 Å². The van der Waals surface area contributed by atoms with Crippen LogP contribution in [0.3, 0.4) is 0 Å². The number of thioether (sulfide) groups is 1. The summed E-state index contributed by atoms with van der Waals surface area (Å²) < 4.78 is 4.93. The molecule has 0 aromatic carbocycles. The van der Waals surface area contributed by atoms with Crippen molar-refractivity contribution >= 4 is 23.5 Å². The molecule has 0 amide bonds. The van der Waals surface area contributed by atoms with Gasteiger partial charge in [0.05, 0.1) is 12.4 Å².